The average Bonchev–Trinajstić information content (AvgIpc) is 2.08. The maximum atomic E-state index is 11.2. The number of hydrogen-bond acceptors (Lipinski definition) is 2. The minimum absolute atomic E-state index is 0.0143. The SMILES string of the molecule is CC(=O)C(C)(C)Oc1ccc(Br)cc1. The van der Waals surface area contributed by atoms with Gasteiger partial charge in [-0.15, -0.1) is 0 Å². The number of ether oxygens (including phenoxy) is 1. The maximum absolute atomic E-state index is 11.2. The molecule has 0 aromatic heterocycles. The van der Waals surface area contributed by atoms with Crippen molar-refractivity contribution in [2.24, 2.45) is 0 Å². The predicted molar refractivity (Wildman–Crippen MR) is 59.5 cm³/mol. The van der Waals surface area contributed by atoms with Crippen LogP contribution >= 0.6 is 15.9 Å². The van der Waals surface area contributed by atoms with E-state index in [0.29, 0.717) is 5.75 Å². The van der Waals surface area contributed by atoms with E-state index >= 15 is 0 Å². The summed E-state index contributed by atoms with van der Waals surface area (Å²) < 4.78 is 6.54. The van der Waals surface area contributed by atoms with E-state index in [9.17, 15) is 4.79 Å². The molecule has 1 rings (SSSR count). The number of carbonyl (C=O) groups excluding carboxylic acids is 1. The monoisotopic (exact) mass is 256 g/mol. The Hall–Kier alpha value is -0.830. The summed E-state index contributed by atoms with van der Waals surface area (Å²) in [4.78, 5) is 11.2. The van der Waals surface area contributed by atoms with Gasteiger partial charge in [-0.3, -0.25) is 4.79 Å². The van der Waals surface area contributed by atoms with Crippen molar-refractivity contribution >= 4 is 21.7 Å². The minimum Gasteiger partial charge on any atom is -0.480 e. The van der Waals surface area contributed by atoms with Crippen molar-refractivity contribution in [1.82, 2.24) is 0 Å². The van der Waals surface area contributed by atoms with Crippen molar-refractivity contribution in [2.75, 3.05) is 0 Å². The molecule has 0 unspecified atom stereocenters. The fourth-order valence-electron chi connectivity index (χ4n) is 0.869. The molecule has 76 valence electrons. The van der Waals surface area contributed by atoms with Crippen LogP contribution in [0.25, 0.3) is 0 Å². The number of ketones is 1. The van der Waals surface area contributed by atoms with Crippen molar-refractivity contribution in [2.45, 2.75) is 26.4 Å². The molecule has 0 radical (unpaired) electrons. The van der Waals surface area contributed by atoms with Gasteiger partial charge in [0, 0.05) is 4.47 Å². The molecule has 1 aromatic carbocycles. The number of rotatable bonds is 3. The van der Waals surface area contributed by atoms with Gasteiger partial charge in [0.2, 0.25) is 0 Å². The van der Waals surface area contributed by atoms with Gasteiger partial charge >= 0.3 is 0 Å². The number of benzene rings is 1. The van der Waals surface area contributed by atoms with Gasteiger partial charge in [-0.1, -0.05) is 15.9 Å². The van der Waals surface area contributed by atoms with Gasteiger partial charge < -0.3 is 4.74 Å². The number of Topliss-reactive ketones (excluding diaryl/α,β-unsaturated/α-hetero) is 1. The maximum Gasteiger partial charge on any atom is 0.172 e. The summed E-state index contributed by atoms with van der Waals surface area (Å²) in [5, 5.41) is 0. The number of hydrogen-bond donors (Lipinski definition) is 0. The molecule has 0 aliphatic heterocycles. The second-order valence-corrected chi connectivity index (χ2v) is 4.54. The van der Waals surface area contributed by atoms with Crippen LogP contribution in [0.4, 0.5) is 0 Å². The zero-order valence-electron chi connectivity index (χ0n) is 8.50. The summed E-state index contributed by atoms with van der Waals surface area (Å²) in [6.45, 7) is 5.05. The summed E-state index contributed by atoms with van der Waals surface area (Å²) in [5.41, 5.74) is -0.756. The molecule has 0 N–H and O–H groups in total. The van der Waals surface area contributed by atoms with Crippen molar-refractivity contribution < 1.29 is 9.53 Å². The molecule has 0 bridgehead atoms. The van der Waals surface area contributed by atoms with E-state index < -0.39 is 5.60 Å². The fourth-order valence-corrected chi connectivity index (χ4v) is 1.13. The lowest BCUT2D eigenvalue weighted by atomic mass is 10.1. The first-order valence-electron chi connectivity index (χ1n) is 4.37. The highest BCUT2D eigenvalue weighted by Gasteiger charge is 2.25. The van der Waals surface area contributed by atoms with E-state index in [1.807, 2.05) is 24.3 Å². The van der Waals surface area contributed by atoms with Gasteiger partial charge in [0.25, 0.3) is 0 Å². The molecule has 0 atom stereocenters. The Morgan fingerprint density at radius 2 is 1.79 bits per heavy atom. The summed E-state index contributed by atoms with van der Waals surface area (Å²) in [6, 6.07) is 7.42. The standard InChI is InChI=1S/C11H13BrO2/c1-8(13)11(2,3)14-10-6-4-9(12)5-7-10/h4-7H,1-3H3. The summed E-state index contributed by atoms with van der Waals surface area (Å²) in [6.07, 6.45) is 0. The van der Waals surface area contributed by atoms with Crippen molar-refractivity contribution in [3.8, 4) is 5.75 Å². The van der Waals surface area contributed by atoms with E-state index in [4.69, 9.17) is 4.74 Å². The molecule has 0 fully saturated rings. The second-order valence-electron chi connectivity index (χ2n) is 3.62. The molecule has 14 heavy (non-hydrogen) atoms. The summed E-state index contributed by atoms with van der Waals surface area (Å²) in [7, 11) is 0. The third-order valence-electron chi connectivity index (χ3n) is 2.03. The molecule has 0 aliphatic rings. The first kappa shape index (κ1) is 11.2. The van der Waals surface area contributed by atoms with E-state index in [1.165, 1.54) is 6.92 Å². The highest BCUT2D eigenvalue weighted by atomic mass is 79.9. The van der Waals surface area contributed by atoms with Crippen LogP contribution in [-0.2, 0) is 4.79 Å². The topological polar surface area (TPSA) is 26.3 Å². The summed E-state index contributed by atoms with van der Waals surface area (Å²) >= 11 is 3.33. The molecule has 0 aliphatic carbocycles. The normalized spacial score (nSPS) is 11.1. The van der Waals surface area contributed by atoms with Gasteiger partial charge in [0.05, 0.1) is 0 Å². The quantitative estimate of drug-likeness (QED) is 0.831. The van der Waals surface area contributed by atoms with Crippen LogP contribution in [0, 0.1) is 0 Å². The van der Waals surface area contributed by atoms with Gasteiger partial charge in [-0.25, -0.2) is 0 Å². The molecular formula is C11H13BrO2. The Morgan fingerprint density at radius 3 is 2.21 bits per heavy atom. The van der Waals surface area contributed by atoms with E-state index in [0.717, 1.165) is 4.47 Å². The van der Waals surface area contributed by atoms with Crippen molar-refractivity contribution in [1.29, 1.82) is 0 Å². The Morgan fingerprint density at radius 1 is 1.29 bits per heavy atom. The van der Waals surface area contributed by atoms with Crippen LogP contribution in [0.5, 0.6) is 5.75 Å². The van der Waals surface area contributed by atoms with Crippen molar-refractivity contribution in [3.05, 3.63) is 28.7 Å². The number of carbonyl (C=O) groups is 1. The van der Waals surface area contributed by atoms with Gasteiger partial charge in [-0.2, -0.15) is 0 Å². The molecule has 3 heteroatoms. The van der Waals surface area contributed by atoms with Crippen LogP contribution in [0.1, 0.15) is 20.8 Å². The van der Waals surface area contributed by atoms with Gasteiger partial charge in [0.1, 0.15) is 5.75 Å². The average molecular weight is 257 g/mol. The van der Waals surface area contributed by atoms with E-state index in [-0.39, 0.29) is 5.78 Å². The van der Waals surface area contributed by atoms with Crippen LogP contribution in [0.2, 0.25) is 0 Å². The third-order valence-corrected chi connectivity index (χ3v) is 2.56. The van der Waals surface area contributed by atoms with Crippen LogP contribution in [0.15, 0.2) is 28.7 Å². The molecule has 0 amide bonds. The van der Waals surface area contributed by atoms with E-state index in [2.05, 4.69) is 15.9 Å². The van der Waals surface area contributed by atoms with Gasteiger partial charge in [0.15, 0.2) is 11.4 Å². The lowest BCUT2D eigenvalue weighted by Crippen LogP contribution is -2.36. The molecule has 1 aromatic rings. The van der Waals surface area contributed by atoms with E-state index in [1.54, 1.807) is 13.8 Å². The molecule has 0 saturated heterocycles. The van der Waals surface area contributed by atoms with Crippen molar-refractivity contribution in [3.63, 3.8) is 0 Å². The molecular weight excluding hydrogens is 244 g/mol. The predicted octanol–water partition coefficient (Wildman–Crippen LogP) is 3.20. The van der Waals surface area contributed by atoms with Crippen LogP contribution < -0.4 is 4.74 Å². The molecule has 2 nitrogen and oxygen atoms in total. The third kappa shape index (κ3) is 2.84. The first-order valence-corrected chi connectivity index (χ1v) is 5.17. The Bertz CT molecular complexity index is 328. The zero-order chi connectivity index (χ0) is 10.8. The number of halogens is 1. The summed E-state index contributed by atoms with van der Waals surface area (Å²) in [5.74, 6) is 0.716. The first-order chi connectivity index (χ1) is 6.42. The highest BCUT2D eigenvalue weighted by molar-refractivity contribution is 9.10. The zero-order valence-corrected chi connectivity index (χ0v) is 10.1. The largest absolute Gasteiger partial charge is 0.480 e. The lowest BCUT2D eigenvalue weighted by Gasteiger charge is -2.23. The lowest BCUT2D eigenvalue weighted by molar-refractivity contribution is -0.129. The Kier molecular flexibility index (Phi) is 3.32. The molecule has 0 saturated carbocycles. The Balaban J connectivity index is 2.79. The highest BCUT2D eigenvalue weighted by Crippen LogP contribution is 2.21. The minimum atomic E-state index is -0.756. The molecule has 0 spiro atoms. The smallest absolute Gasteiger partial charge is 0.172 e. The molecule has 0 heterocycles. The second kappa shape index (κ2) is 4.13. The Labute approximate surface area is 92.4 Å². The fraction of sp³-hybridized carbons (Fsp3) is 0.364. The van der Waals surface area contributed by atoms with Crippen LogP contribution in [0.3, 0.4) is 0 Å². The van der Waals surface area contributed by atoms with Gasteiger partial charge in [-0.05, 0) is 45.0 Å². The van der Waals surface area contributed by atoms with Crippen LogP contribution in [-0.4, -0.2) is 11.4 Å².